The van der Waals surface area contributed by atoms with Crippen LogP contribution in [-0.2, 0) is 14.4 Å². The Hall–Kier alpha value is -4.04. The van der Waals surface area contributed by atoms with Crippen molar-refractivity contribution in [2.75, 3.05) is 4.90 Å². The summed E-state index contributed by atoms with van der Waals surface area (Å²) >= 11 is 0. The van der Waals surface area contributed by atoms with Crippen molar-refractivity contribution in [3.05, 3.63) is 88.5 Å². The van der Waals surface area contributed by atoms with Crippen molar-refractivity contribution in [2.45, 2.75) is 12.0 Å². The van der Waals surface area contributed by atoms with E-state index in [0.29, 0.717) is 16.9 Å². The second-order valence-electron chi connectivity index (χ2n) is 7.20. The molecular formula is C22H15N3O5. The number of nitro benzene ring substituents is 1. The summed E-state index contributed by atoms with van der Waals surface area (Å²) in [5.41, 5.74) is 2.79. The molecule has 0 bridgehead atoms. The molecule has 1 atom stereocenters. The molecule has 1 spiro atoms. The van der Waals surface area contributed by atoms with Crippen molar-refractivity contribution < 1.29 is 19.3 Å². The van der Waals surface area contributed by atoms with Crippen molar-refractivity contribution in [2.24, 2.45) is 0 Å². The number of amides is 2. The first-order valence-corrected chi connectivity index (χ1v) is 9.25. The molecule has 2 heterocycles. The molecule has 1 saturated heterocycles. The number of hydrogen-bond acceptors (Lipinski definition) is 6. The number of nitrogens with one attached hydrogen (secondary N) is 1. The summed E-state index contributed by atoms with van der Waals surface area (Å²) in [4.78, 5) is 43.0. The fourth-order valence-corrected chi connectivity index (χ4v) is 3.79. The van der Waals surface area contributed by atoms with Crippen LogP contribution in [-0.4, -0.2) is 22.3 Å². The molecule has 0 aliphatic carbocycles. The molecule has 0 aromatic heterocycles. The highest BCUT2D eigenvalue weighted by molar-refractivity contribution is 6.25. The van der Waals surface area contributed by atoms with Crippen LogP contribution < -0.4 is 10.4 Å². The lowest BCUT2D eigenvalue weighted by Crippen LogP contribution is -2.40. The Kier molecular flexibility index (Phi) is 3.90. The summed E-state index contributed by atoms with van der Waals surface area (Å²) in [6.45, 7) is 0. The molecule has 5 rings (SSSR count). The number of benzene rings is 3. The van der Waals surface area contributed by atoms with Gasteiger partial charge in [0.15, 0.2) is 0 Å². The quantitative estimate of drug-likeness (QED) is 0.410. The largest absolute Gasteiger partial charge is 0.274 e. The highest BCUT2D eigenvalue weighted by atomic mass is 16.7. The summed E-state index contributed by atoms with van der Waals surface area (Å²) in [6.07, 6.45) is 1.43. The smallest absolute Gasteiger partial charge is 0.273 e. The molecule has 0 saturated carbocycles. The van der Waals surface area contributed by atoms with Crippen LogP contribution in [0, 0.1) is 10.1 Å². The van der Waals surface area contributed by atoms with Gasteiger partial charge >= 0.3 is 0 Å². The number of nitro groups is 1. The van der Waals surface area contributed by atoms with Gasteiger partial charge in [-0.15, -0.1) is 0 Å². The number of hydrogen-bond donors (Lipinski definition) is 1. The second-order valence-corrected chi connectivity index (χ2v) is 7.20. The number of carbonyl (C=O) groups excluding carboxylic acids is 2. The number of non-ortho nitro benzene ring substituents is 1. The molecule has 148 valence electrons. The molecule has 0 radical (unpaired) electrons. The van der Waals surface area contributed by atoms with E-state index in [0.717, 1.165) is 15.7 Å². The molecular weight excluding hydrogens is 386 g/mol. The topological polar surface area (TPSA) is 102 Å². The zero-order valence-corrected chi connectivity index (χ0v) is 15.6. The molecule has 1 fully saturated rings. The number of rotatable bonds is 3. The number of carbonyl (C=O) groups is 2. The average molecular weight is 401 g/mol. The second kappa shape index (κ2) is 6.50. The van der Waals surface area contributed by atoms with E-state index in [1.807, 2.05) is 30.3 Å². The summed E-state index contributed by atoms with van der Waals surface area (Å²) in [5, 5.41) is 12.8. The monoisotopic (exact) mass is 401 g/mol. The lowest BCUT2D eigenvalue weighted by Gasteiger charge is -2.19. The third kappa shape index (κ3) is 2.73. The Morgan fingerprint density at radius 3 is 2.47 bits per heavy atom. The normalized spacial score (nSPS) is 20.7. The maximum Gasteiger partial charge on any atom is 0.273 e. The van der Waals surface area contributed by atoms with Crippen LogP contribution in [0.3, 0.4) is 0 Å². The molecule has 2 amide bonds. The Balaban J connectivity index is 1.47. The molecule has 2 aliphatic rings. The van der Waals surface area contributed by atoms with Crippen LogP contribution in [0.4, 0.5) is 11.4 Å². The molecule has 8 nitrogen and oxygen atoms in total. The lowest BCUT2D eigenvalue weighted by atomic mass is 9.99. The van der Waals surface area contributed by atoms with E-state index < -0.39 is 16.4 Å². The van der Waals surface area contributed by atoms with E-state index in [9.17, 15) is 19.7 Å². The van der Waals surface area contributed by atoms with E-state index in [1.54, 1.807) is 30.3 Å². The minimum atomic E-state index is -1.44. The predicted octanol–water partition coefficient (Wildman–Crippen LogP) is 3.33. The van der Waals surface area contributed by atoms with E-state index in [-0.39, 0.29) is 18.0 Å². The maximum atomic E-state index is 13.2. The zero-order chi connectivity index (χ0) is 20.9. The zero-order valence-electron chi connectivity index (χ0n) is 15.6. The Morgan fingerprint density at radius 2 is 1.73 bits per heavy atom. The highest BCUT2D eigenvalue weighted by Crippen LogP contribution is 2.38. The molecule has 3 aromatic rings. The van der Waals surface area contributed by atoms with Gasteiger partial charge in [-0.1, -0.05) is 30.3 Å². The Bertz CT molecular complexity index is 1250. The van der Waals surface area contributed by atoms with E-state index in [1.165, 1.54) is 12.1 Å². The van der Waals surface area contributed by atoms with Crippen LogP contribution in [0.5, 0.6) is 0 Å². The predicted molar refractivity (Wildman–Crippen MR) is 109 cm³/mol. The lowest BCUT2D eigenvalue weighted by molar-refractivity contribution is -0.384. The number of fused-ring (bicyclic) bond motifs is 1. The number of imide groups is 1. The molecule has 8 heteroatoms. The van der Waals surface area contributed by atoms with Gasteiger partial charge in [-0.25, -0.2) is 4.90 Å². The molecule has 0 unspecified atom stereocenters. The minimum Gasteiger partial charge on any atom is -0.274 e. The number of hydroxylamine groups is 1. The van der Waals surface area contributed by atoms with Crippen molar-refractivity contribution in [3.8, 4) is 0 Å². The average Bonchev–Trinajstić information content (AvgIpc) is 3.28. The summed E-state index contributed by atoms with van der Waals surface area (Å²) in [6, 6.07) is 18.9. The van der Waals surface area contributed by atoms with Crippen LogP contribution in [0.15, 0.2) is 72.8 Å². The van der Waals surface area contributed by atoms with E-state index >= 15 is 0 Å². The SMILES string of the molecule is O=C1C[C@]2(C=C(c3ccc([N+](=O)[O-])cc3)NO2)C(=O)N1c1ccc2ccccc2c1. The van der Waals surface area contributed by atoms with Crippen LogP contribution in [0.25, 0.3) is 16.5 Å². The Labute approximate surface area is 170 Å². The summed E-state index contributed by atoms with van der Waals surface area (Å²) < 4.78 is 0. The number of anilines is 1. The highest BCUT2D eigenvalue weighted by Gasteiger charge is 2.55. The first-order chi connectivity index (χ1) is 14.5. The molecule has 3 aromatic carbocycles. The van der Waals surface area contributed by atoms with Gasteiger partial charge in [-0.3, -0.25) is 30.0 Å². The fourth-order valence-electron chi connectivity index (χ4n) is 3.79. The van der Waals surface area contributed by atoms with Crippen molar-refractivity contribution >= 4 is 39.7 Å². The van der Waals surface area contributed by atoms with Gasteiger partial charge in [0.1, 0.15) is 0 Å². The van der Waals surface area contributed by atoms with Gasteiger partial charge in [-0.2, -0.15) is 0 Å². The van der Waals surface area contributed by atoms with Gasteiger partial charge in [0.25, 0.3) is 11.6 Å². The van der Waals surface area contributed by atoms with Gasteiger partial charge in [0, 0.05) is 17.7 Å². The first-order valence-electron chi connectivity index (χ1n) is 9.25. The fraction of sp³-hybridized carbons (Fsp3) is 0.0909. The summed E-state index contributed by atoms with van der Waals surface area (Å²) in [7, 11) is 0. The summed E-state index contributed by atoms with van der Waals surface area (Å²) in [5.74, 6) is -0.842. The van der Waals surface area contributed by atoms with Crippen molar-refractivity contribution in [1.82, 2.24) is 5.48 Å². The van der Waals surface area contributed by atoms with Crippen molar-refractivity contribution in [1.29, 1.82) is 0 Å². The Morgan fingerprint density at radius 1 is 1.00 bits per heavy atom. The minimum absolute atomic E-state index is 0.0393. The van der Waals surface area contributed by atoms with E-state index in [4.69, 9.17) is 4.84 Å². The van der Waals surface area contributed by atoms with Gasteiger partial charge < -0.3 is 0 Å². The molecule has 30 heavy (non-hydrogen) atoms. The van der Waals surface area contributed by atoms with Crippen LogP contribution >= 0.6 is 0 Å². The first kappa shape index (κ1) is 18.0. The van der Waals surface area contributed by atoms with Crippen LogP contribution in [0.2, 0.25) is 0 Å². The van der Waals surface area contributed by atoms with Gasteiger partial charge in [-0.05, 0) is 41.1 Å². The molecule has 1 N–H and O–H groups in total. The maximum absolute atomic E-state index is 13.2. The number of nitrogens with zero attached hydrogens (tertiary/aromatic N) is 2. The third-order valence-electron chi connectivity index (χ3n) is 5.33. The molecule has 2 aliphatic heterocycles. The standard InChI is InChI=1S/C22H15N3O5/c26-20-13-22(12-19(23-30-22)15-6-8-17(9-7-15)25(28)29)21(27)24(20)18-10-5-14-3-1-2-4-16(14)11-18/h1-12,23H,13H2/t22-/m1/s1. The van der Waals surface area contributed by atoms with E-state index in [2.05, 4.69) is 5.48 Å². The van der Waals surface area contributed by atoms with Gasteiger partial charge in [0.2, 0.25) is 11.5 Å². The third-order valence-corrected chi connectivity index (χ3v) is 5.33. The van der Waals surface area contributed by atoms with Crippen molar-refractivity contribution in [3.63, 3.8) is 0 Å². The van der Waals surface area contributed by atoms with Crippen LogP contribution in [0.1, 0.15) is 12.0 Å². The van der Waals surface area contributed by atoms with Gasteiger partial charge in [0.05, 0.1) is 22.7 Å².